The molecule has 23 heavy (non-hydrogen) atoms. The van der Waals surface area contributed by atoms with Crippen LogP contribution in [0.15, 0.2) is 29.2 Å². The number of anilines is 1. The fourth-order valence-corrected chi connectivity index (χ4v) is 4.33. The maximum atomic E-state index is 12.3. The van der Waals surface area contributed by atoms with Crippen molar-refractivity contribution in [1.29, 1.82) is 0 Å². The molecule has 0 fully saturated rings. The van der Waals surface area contributed by atoms with Crippen molar-refractivity contribution in [2.24, 2.45) is 0 Å². The number of hydrogen-bond acceptors (Lipinski definition) is 5. The third-order valence-electron chi connectivity index (χ3n) is 3.84. The fraction of sp³-hybridized carbons (Fsp3) is 0.375. The molecule has 7 heteroatoms. The number of hydrogen-bond donors (Lipinski definition) is 1. The first-order valence-corrected chi connectivity index (χ1v) is 10.2. The van der Waals surface area contributed by atoms with Gasteiger partial charge in [-0.2, -0.15) is 0 Å². The van der Waals surface area contributed by atoms with Gasteiger partial charge in [-0.15, -0.1) is 11.3 Å². The topological polar surface area (TPSA) is 76.1 Å². The second kappa shape index (κ2) is 6.41. The van der Waals surface area contributed by atoms with E-state index in [1.807, 2.05) is 0 Å². The van der Waals surface area contributed by atoms with Gasteiger partial charge in [-0.3, -0.25) is 10.1 Å². The van der Waals surface area contributed by atoms with E-state index in [1.165, 1.54) is 41.2 Å². The molecule has 0 aliphatic heterocycles. The highest BCUT2D eigenvalue weighted by atomic mass is 32.2. The standard InChI is InChI=1S/C16H18N2O3S2/c1-23(20,21)12-7-5-6-11(10-12)15(19)18-16-17-13-8-3-2-4-9-14(13)22-16/h5-7,10H,2-4,8-9H2,1H3,(H,17,18,19). The molecule has 122 valence electrons. The van der Waals surface area contributed by atoms with Crippen LogP contribution < -0.4 is 5.32 Å². The molecule has 5 nitrogen and oxygen atoms in total. The third-order valence-corrected chi connectivity index (χ3v) is 6.02. The van der Waals surface area contributed by atoms with Gasteiger partial charge in [0.25, 0.3) is 5.91 Å². The molecule has 0 bridgehead atoms. The summed E-state index contributed by atoms with van der Waals surface area (Å²) in [4.78, 5) is 18.2. The Hall–Kier alpha value is -1.73. The number of amides is 1. The predicted molar refractivity (Wildman–Crippen MR) is 90.9 cm³/mol. The van der Waals surface area contributed by atoms with Crippen LogP contribution in [-0.4, -0.2) is 25.6 Å². The van der Waals surface area contributed by atoms with Crippen LogP contribution in [0.2, 0.25) is 0 Å². The average Bonchev–Trinajstić information content (AvgIpc) is 2.75. The van der Waals surface area contributed by atoms with Crippen molar-refractivity contribution in [3.8, 4) is 0 Å². The molecular formula is C16H18N2O3S2. The zero-order valence-electron chi connectivity index (χ0n) is 12.8. The number of thiazole rings is 1. The van der Waals surface area contributed by atoms with E-state index in [-0.39, 0.29) is 10.8 Å². The first kappa shape index (κ1) is 16.1. The molecule has 1 aliphatic rings. The van der Waals surface area contributed by atoms with E-state index in [0.717, 1.165) is 31.2 Å². The van der Waals surface area contributed by atoms with E-state index in [9.17, 15) is 13.2 Å². The monoisotopic (exact) mass is 350 g/mol. The van der Waals surface area contributed by atoms with E-state index in [4.69, 9.17) is 0 Å². The number of sulfone groups is 1. The Bertz CT molecular complexity index is 817. The number of carbonyl (C=O) groups is 1. The summed E-state index contributed by atoms with van der Waals surface area (Å²) in [5.41, 5.74) is 1.41. The van der Waals surface area contributed by atoms with Gasteiger partial charge in [-0.05, 0) is 43.9 Å². The van der Waals surface area contributed by atoms with Crippen molar-refractivity contribution in [2.45, 2.75) is 37.0 Å². The summed E-state index contributed by atoms with van der Waals surface area (Å²) in [5, 5.41) is 3.38. The highest BCUT2D eigenvalue weighted by Gasteiger charge is 2.17. The van der Waals surface area contributed by atoms with Gasteiger partial charge < -0.3 is 0 Å². The van der Waals surface area contributed by atoms with Gasteiger partial charge in [0.15, 0.2) is 15.0 Å². The van der Waals surface area contributed by atoms with Crippen molar-refractivity contribution < 1.29 is 13.2 Å². The normalized spacial score (nSPS) is 14.8. The van der Waals surface area contributed by atoms with Crippen molar-refractivity contribution in [1.82, 2.24) is 4.98 Å². The molecular weight excluding hydrogens is 332 g/mol. The second-order valence-corrected chi connectivity index (χ2v) is 8.80. The van der Waals surface area contributed by atoms with E-state index >= 15 is 0 Å². The van der Waals surface area contributed by atoms with Crippen LogP contribution in [0, 0.1) is 0 Å². The number of aromatic nitrogens is 1. The minimum atomic E-state index is -3.33. The minimum Gasteiger partial charge on any atom is -0.298 e. The van der Waals surface area contributed by atoms with Crippen LogP contribution in [-0.2, 0) is 22.7 Å². The van der Waals surface area contributed by atoms with Crippen molar-refractivity contribution in [2.75, 3.05) is 11.6 Å². The largest absolute Gasteiger partial charge is 0.298 e. The van der Waals surface area contributed by atoms with Crippen molar-refractivity contribution in [3.05, 3.63) is 40.4 Å². The molecule has 0 unspecified atom stereocenters. The van der Waals surface area contributed by atoms with Crippen LogP contribution in [0.3, 0.4) is 0 Å². The molecule has 0 radical (unpaired) electrons. The molecule has 0 saturated carbocycles. The van der Waals surface area contributed by atoms with Gasteiger partial charge >= 0.3 is 0 Å². The maximum Gasteiger partial charge on any atom is 0.257 e. The number of carbonyl (C=O) groups excluding carboxylic acids is 1. The first-order valence-electron chi connectivity index (χ1n) is 7.53. The lowest BCUT2D eigenvalue weighted by molar-refractivity contribution is 0.102. The SMILES string of the molecule is CS(=O)(=O)c1cccc(C(=O)Nc2nc3c(s2)CCCCC3)c1. The molecule has 0 spiro atoms. The van der Waals surface area contributed by atoms with Gasteiger partial charge in [-0.25, -0.2) is 13.4 Å². The Kier molecular flexibility index (Phi) is 4.50. The number of rotatable bonds is 3. The second-order valence-electron chi connectivity index (χ2n) is 5.70. The predicted octanol–water partition coefficient (Wildman–Crippen LogP) is 3.07. The molecule has 2 aromatic rings. The maximum absolute atomic E-state index is 12.3. The quantitative estimate of drug-likeness (QED) is 0.863. The van der Waals surface area contributed by atoms with Gasteiger partial charge in [-0.1, -0.05) is 12.5 Å². The summed E-state index contributed by atoms with van der Waals surface area (Å²) >= 11 is 1.52. The summed E-state index contributed by atoms with van der Waals surface area (Å²) < 4.78 is 23.2. The van der Waals surface area contributed by atoms with Crippen LogP contribution >= 0.6 is 11.3 Å². The van der Waals surface area contributed by atoms with Crippen LogP contribution in [0.1, 0.15) is 40.2 Å². The zero-order chi connectivity index (χ0) is 16.4. The molecule has 1 aromatic carbocycles. The van der Waals surface area contributed by atoms with Crippen LogP contribution in [0.25, 0.3) is 0 Å². The lowest BCUT2D eigenvalue weighted by Gasteiger charge is -2.04. The van der Waals surface area contributed by atoms with E-state index in [2.05, 4.69) is 10.3 Å². The lowest BCUT2D eigenvalue weighted by atomic mass is 10.2. The zero-order valence-corrected chi connectivity index (χ0v) is 14.5. The number of aryl methyl sites for hydroxylation is 2. The molecule has 1 heterocycles. The van der Waals surface area contributed by atoms with Gasteiger partial charge in [0.2, 0.25) is 0 Å². The molecule has 1 N–H and O–H groups in total. The molecule has 1 amide bonds. The van der Waals surface area contributed by atoms with Crippen molar-refractivity contribution in [3.63, 3.8) is 0 Å². The number of benzene rings is 1. The molecule has 1 aliphatic carbocycles. The smallest absolute Gasteiger partial charge is 0.257 e. The van der Waals surface area contributed by atoms with E-state index < -0.39 is 9.84 Å². The summed E-state index contributed by atoms with van der Waals surface area (Å²) in [6, 6.07) is 6.05. The van der Waals surface area contributed by atoms with Gasteiger partial charge in [0.05, 0.1) is 10.6 Å². The van der Waals surface area contributed by atoms with E-state index in [1.54, 1.807) is 12.1 Å². The highest BCUT2D eigenvalue weighted by molar-refractivity contribution is 7.90. The van der Waals surface area contributed by atoms with Crippen LogP contribution in [0.5, 0.6) is 0 Å². The Balaban J connectivity index is 1.80. The highest BCUT2D eigenvalue weighted by Crippen LogP contribution is 2.29. The minimum absolute atomic E-state index is 0.139. The Morgan fingerprint density at radius 2 is 2.00 bits per heavy atom. The summed E-state index contributed by atoms with van der Waals surface area (Å²) in [5.74, 6) is -0.334. The Morgan fingerprint density at radius 3 is 2.78 bits per heavy atom. The number of nitrogens with one attached hydrogen (secondary N) is 1. The lowest BCUT2D eigenvalue weighted by Crippen LogP contribution is -2.12. The molecule has 0 saturated heterocycles. The van der Waals surface area contributed by atoms with Crippen molar-refractivity contribution >= 4 is 32.2 Å². The Morgan fingerprint density at radius 1 is 1.22 bits per heavy atom. The molecule has 1 aromatic heterocycles. The summed E-state index contributed by atoms with van der Waals surface area (Å²) in [6.45, 7) is 0. The summed E-state index contributed by atoms with van der Waals surface area (Å²) in [6.07, 6.45) is 6.64. The molecule has 0 atom stereocenters. The van der Waals surface area contributed by atoms with Gasteiger partial charge in [0.1, 0.15) is 0 Å². The number of nitrogens with zero attached hydrogens (tertiary/aromatic N) is 1. The van der Waals surface area contributed by atoms with E-state index in [0.29, 0.717) is 10.7 Å². The fourth-order valence-electron chi connectivity index (χ4n) is 2.62. The first-order chi connectivity index (χ1) is 10.9. The average molecular weight is 350 g/mol. The molecule has 3 rings (SSSR count). The third kappa shape index (κ3) is 3.79. The van der Waals surface area contributed by atoms with Crippen LogP contribution in [0.4, 0.5) is 5.13 Å². The summed E-state index contributed by atoms with van der Waals surface area (Å²) in [7, 11) is -3.33. The van der Waals surface area contributed by atoms with Gasteiger partial charge in [0, 0.05) is 16.7 Å². The number of fused-ring (bicyclic) bond motifs is 1. The Labute approximate surface area is 139 Å².